The Morgan fingerprint density at radius 1 is 1.52 bits per heavy atom. The Hall–Kier alpha value is -1.47. The fourth-order valence-corrected chi connectivity index (χ4v) is 2.52. The molecule has 2 rings (SSSR count). The molecule has 1 heterocycles. The lowest BCUT2D eigenvalue weighted by molar-refractivity contribution is -0.136. The summed E-state index contributed by atoms with van der Waals surface area (Å²) in [7, 11) is 0. The summed E-state index contributed by atoms with van der Waals surface area (Å²) in [6.45, 7) is 3.86. The summed E-state index contributed by atoms with van der Waals surface area (Å²) in [6, 6.07) is 0. The molecule has 0 saturated heterocycles. The molecule has 0 aliphatic heterocycles. The van der Waals surface area contributed by atoms with Crippen LogP contribution in [0.2, 0.25) is 0 Å². The van der Waals surface area contributed by atoms with Crippen LogP contribution in [-0.2, 0) is 14.3 Å². The molecular formula is C14H21N3O3S. The largest absolute Gasteiger partial charge is 0.382 e. The smallest absolute Gasteiger partial charge is 0.245 e. The van der Waals surface area contributed by atoms with Crippen molar-refractivity contribution in [2.24, 2.45) is 5.92 Å². The van der Waals surface area contributed by atoms with E-state index < -0.39 is 0 Å². The highest BCUT2D eigenvalue weighted by Gasteiger charge is 2.33. The number of ether oxygens (including phenoxy) is 1. The minimum absolute atomic E-state index is 0.0841. The van der Waals surface area contributed by atoms with Crippen LogP contribution >= 0.6 is 11.3 Å². The van der Waals surface area contributed by atoms with Gasteiger partial charge in [-0.25, -0.2) is 4.98 Å². The van der Waals surface area contributed by atoms with Gasteiger partial charge in [-0.3, -0.25) is 9.59 Å². The van der Waals surface area contributed by atoms with E-state index in [2.05, 4.69) is 10.3 Å². The van der Waals surface area contributed by atoms with Crippen molar-refractivity contribution in [1.29, 1.82) is 0 Å². The van der Waals surface area contributed by atoms with Gasteiger partial charge >= 0.3 is 0 Å². The second kappa shape index (κ2) is 8.09. The number of aromatic nitrogens is 1. The number of nitrogens with zero attached hydrogens (tertiary/aromatic N) is 2. The Morgan fingerprint density at radius 2 is 2.33 bits per heavy atom. The maximum Gasteiger partial charge on any atom is 0.245 e. The van der Waals surface area contributed by atoms with Crippen LogP contribution < -0.4 is 5.32 Å². The Labute approximate surface area is 128 Å². The number of carbonyl (C=O) groups is 2. The molecule has 0 unspecified atom stereocenters. The van der Waals surface area contributed by atoms with Gasteiger partial charge in [-0.1, -0.05) is 0 Å². The normalized spacial score (nSPS) is 14.0. The van der Waals surface area contributed by atoms with Crippen LogP contribution in [0.5, 0.6) is 0 Å². The molecule has 21 heavy (non-hydrogen) atoms. The third kappa shape index (κ3) is 5.43. The molecule has 6 nitrogen and oxygen atoms in total. The lowest BCUT2D eigenvalue weighted by Crippen LogP contribution is -2.39. The molecule has 0 atom stereocenters. The highest BCUT2D eigenvalue weighted by Crippen LogP contribution is 2.31. The average molecular weight is 311 g/mol. The quantitative estimate of drug-likeness (QED) is 0.705. The third-order valence-corrected chi connectivity index (χ3v) is 3.86. The van der Waals surface area contributed by atoms with Gasteiger partial charge in [0.15, 0.2) is 5.13 Å². The van der Waals surface area contributed by atoms with Gasteiger partial charge in [0.25, 0.3) is 0 Å². The predicted molar refractivity (Wildman–Crippen MR) is 81.2 cm³/mol. The van der Waals surface area contributed by atoms with E-state index in [0.717, 1.165) is 19.3 Å². The second-order valence-electron chi connectivity index (χ2n) is 4.97. The van der Waals surface area contributed by atoms with E-state index in [1.807, 2.05) is 6.92 Å². The Morgan fingerprint density at radius 3 is 2.95 bits per heavy atom. The lowest BCUT2D eigenvalue weighted by Gasteiger charge is -2.22. The number of rotatable bonds is 9. The van der Waals surface area contributed by atoms with Gasteiger partial charge in [-0.05, 0) is 26.2 Å². The molecule has 1 fully saturated rings. The summed E-state index contributed by atoms with van der Waals surface area (Å²) in [5, 5.41) is 5.07. The first-order chi connectivity index (χ1) is 10.2. The summed E-state index contributed by atoms with van der Waals surface area (Å²) in [5.41, 5.74) is 0. The summed E-state index contributed by atoms with van der Waals surface area (Å²) in [5.74, 6) is 0.000837. The van der Waals surface area contributed by atoms with E-state index in [4.69, 9.17) is 4.74 Å². The van der Waals surface area contributed by atoms with E-state index >= 15 is 0 Å². The SMILES string of the molecule is CCOCCCN(CC(=O)Nc1nccs1)C(=O)C1CC1. The fourth-order valence-electron chi connectivity index (χ4n) is 1.97. The molecule has 1 aromatic rings. The molecule has 7 heteroatoms. The Balaban J connectivity index is 1.82. The van der Waals surface area contributed by atoms with Gasteiger partial charge in [0.1, 0.15) is 0 Å². The average Bonchev–Trinajstić information content (AvgIpc) is 3.20. The maximum atomic E-state index is 12.2. The molecule has 1 aromatic heterocycles. The van der Waals surface area contributed by atoms with Crippen LogP contribution in [0.1, 0.15) is 26.2 Å². The molecule has 0 bridgehead atoms. The van der Waals surface area contributed by atoms with Crippen LogP contribution in [0.3, 0.4) is 0 Å². The van der Waals surface area contributed by atoms with Gasteiger partial charge in [0, 0.05) is 37.3 Å². The fraction of sp³-hybridized carbons (Fsp3) is 0.643. The number of hydrogen-bond acceptors (Lipinski definition) is 5. The van der Waals surface area contributed by atoms with E-state index in [0.29, 0.717) is 24.9 Å². The zero-order chi connectivity index (χ0) is 15.1. The Kier molecular flexibility index (Phi) is 6.13. The van der Waals surface area contributed by atoms with Crippen LogP contribution in [0.25, 0.3) is 0 Å². The third-order valence-electron chi connectivity index (χ3n) is 3.17. The molecule has 1 aliphatic rings. The zero-order valence-corrected chi connectivity index (χ0v) is 13.0. The van der Waals surface area contributed by atoms with Crippen LogP contribution in [0, 0.1) is 5.92 Å². The monoisotopic (exact) mass is 311 g/mol. The molecule has 1 N–H and O–H groups in total. The molecule has 116 valence electrons. The van der Waals surface area contributed by atoms with E-state index in [1.54, 1.807) is 16.5 Å². The summed E-state index contributed by atoms with van der Waals surface area (Å²) >= 11 is 1.36. The highest BCUT2D eigenvalue weighted by molar-refractivity contribution is 7.13. The van der Waals surface area contributed by atoms with Crippen LogP contribution in [0.15, 0.2) is 11.6 Å². The van der Waals surface area contributed by atoms with Crippen molar-refractivity contribution in [2.45, 2.75) is 26.2 Å². The van der Waals surface area contributed by atoms with Gasteiger partial charge < -0.3 is 15.0 Å². The summed E-state index contributed by atoms with van der Waals surface area (Å²) < 4.78 is 5.28. The van der Waals surface area contributed by atoms with Crippen LogP contribution in [-0.4, -0.2) is 48.0 Å². The number of nitrogens with one attached hydrogen (secondary N) is 1. The number of hydrogen-bond donors (Lipinski definition) is 1. The van der Waals surface area contributed by atoms with Crippen molar-refractivity contribution >= 4 is 28.3 Å². The first kappa shape index (κ1) is 15.9. The molecule has 1 aliphatic carbocycles. The van der Waals surface area contributed by atoms with Crippen molar-refractivity contribution in [3.8, 4) is 0 Å². The number of thiazole rings is 1. The standard InChI is InChI=1S/C14H21N3O3S/c1-2-20-8-3-7-17(13(19)11-4-5-11)10-12(18)16-14-15-6-9-21-14/h6,9,11H,2-5,7-8,10H2,1H3,(H,15,16,18). The highest BCUT2D eigenvalue weighted by atomic mass is 32.1. The van der Waals surface area contributed by atoms with E-state index in [9.17, 15) is 9.59 Å². The molecular weight excluding hydrogens is 290 g/mol. The van der Waals surface area contributed by atoms with Crippen molar-refractivity contribution < 1.29 is 14.3 Å². The zero-order valence-electron chi connectivity index (χ0n) is 12.2. The van der Waals surface area contributed by atoms with Crippen molar-refractivity contribution in [3.63, 3.8) is 0 Å². The van der Waals surface area contributed by atoms with E-state index in [-0.39, 0.29) is 24.3 Å². The second-order valence-corrected chi connectivity index (χ2v) is 5.86. The molecule has 0 radical (unpaired) electrons. The van der Waals surface area contributed by atoms with Crippen molar-refractivity contribution in [1.82, 2.24) is 9.88 Å². The van der Waals surface area contributed by atoms with Gasteiger partial charge in [-0.2, -0.15) is 0 Å². The molecule has 1 saturated carbocycles. The Bertz CT molecular complexity index is 460. The molecule has 2 amide bonds. The first-order valence-corrected chi connectivity index (χ1v) is 8.14. The van der Waals surface area contributed by atoms with E-state index in [1.165, 1.54) is 11.3 Å². The maximum absolute atomic E-state index is 12.2. The first-order valence-electron chi connectivity index (χ1n) is 7.26. The van der Waals surface area contributed by atoms with Gasteiger partial charge in [0.2, 0.25) is 11.8 Å². The lowest BCUT2D eigenvalue weighted by atomic mass is 10.3. The topological polar surface area (TPSA) is 71.5 Å². The van der Waals surface area contributed by atoms with Crippen molar-refractivity contribution in [3.05, 3.63) is 11.6 Å². The molecule has 0 aromatic carbocycles. The summed E-state index contributed by atoms with van der Waals surface area (Å²) in [6.07, 6.45) is 4.26. The number of amides is 2. The predicted octanol–water partition coefficient (Wildman–Crippen LogP) is 1.75. The minimum Gasteiger partial charge on any atom is -0.382 e. The molecule has 0 spiro atoms. The van der Waals surface area contributed by atoms with Gasteiger partial charge in [-0.15, -0.1) is 11.3 Å². The summed E-state index contributed by atoms with van der Waals surface area (Å²) in [4.78, 5) is 29.8. The van der Waals surface area contributed by atoms with Crippen molar-refractivity contribution in [2.75, 3.05) is 31.6 Å². The number of carbonyl (C=O) groups excluding carboxylic acids is 2. The number of anilines is 1. The van der Waals surface area contributed by atoms with Crippen LogP contribution in [0.4, 0.5) is 5.13 Å². The minimum atomic E-state index is -0.199. The van der Waals surface area contributed by atoms with Gasteiger partial charge in [0.05, 0.1) is 6.54 Å².